The SMILES string of the molecule is COC(=O)NS(=O)(=O)NCCCC(C)N. The van der Waals surface area contributed by atoms with Gasteiger partial charge >= 0.3 is 16.3 Å². The van der Waals surface area contributed by atoms with E-state index in [0.717, 1.165) is 7.11 Å². The molecule has 4 N–H and O–H groups in total. The molecule has 0 aliphatic rings. The Morgan fingerprint density at radius 3 is 2.60 bits per heavy atom. The summed E-state index contributed by atoms with van der Waals surface area (Å²) in [7, 11) is -2.72. The largest absolute Gasteiger partial charge is 0.452 e. The number of hydrogen-bond donors (Lipinski definition) is 3. The van der Waals surface area contributed by atoms with Crippen LogP contribution in [-0.2, 0) is 14.9 Å². The molecule has 0 saturated heterocycles. The molecule has 15 heavy (non-hydrogen) atoms. The maximum Gasteiger partial charge on any atom is 0.421 e. The molecule has 0 aliphatic carbocycles. The van der Waals surface area contributed by atoms with Crippen LogP contribution in [0.25, 0.3) is 0 Å². The first-order valence-electron chi connectivity index (χ1n) is 4.48. The van der Waals surface area contributed by atoms with Crippen molar-refractivity contribution in [1.29, 1.82) is 0 Å². The summed E-state index contributed by atoms with van der Waals surface area (Å²) < 4.78 is 30.2. The predicted molar refractivity (Wildman–Crippen MR) is 55.3 cm³/mol. The lowest BCUT2D eigenvalue weighted by Gasteiger charge is -2.08. The summed E-state index contributed by atoms with van der Waals surface area (Å²) in [6.45, 7) is 2.06. The van der Waals surface area contributed by atoms with E-state index in [-0.39, 0.29) is 12.6 Å². The lowest BCUT2D eigenvalue weighted by atomic mass is 10.2. The van der Waals surface area contributed by atoms with E-state index in [1.807, 2.05) is 6.92 Å². The molecule has 0 spiro atoms. The number of nitrogens with one attached hydrogen (secondary N) is 2. The van der Waals surface area contributed by atoms with Crippen LogP contribution in [0, 0.1) is 0 Å². The summed E-state index contributed by atoms with van der Waals surface area (Å²) in [6, 6.07) is 0.0306. The number of carbonyl (C=O) groups is 1. The van der Waals surface area contributed by atoms with Gasteiger partial charge in [0, 0.05) is 12.6 Å². The highest BCUT2D eigenvalue weighted by molar-refractivity contribution is 7.88. The number of amides is 1. The summed E-state index contributed by atoms with van der Waals surface area (Å²) in [5.41, 5.74) is 5.48. The molecule has 0 aliphatic heterocycles. The molecule has 0 aromatic heterocycles. The standard InChI is InChI=1S/C7H17N3O4S/c1-6(8)4-3-5-9-15(12,13)10-7(11)14-2/h6,9H,3-5,8H2,1-2H3,(H,10,11). The average Bonchev–Trinajstić information content (AvgIpc) is 2.11. The van der Waals surface area contributed by atoms with E-state index < -0.39 is 16.3 Å². The first-order valence-corrected chi connectivity index (χ1v) is 5.96. The van der Waals surface area contributed by atoms with Crippen LogP contribution in [0.15, 0.2) is 0 Å². The molecule has 0 heterocycles. The molecule has 0 bridgehead atoms. The highest BCUT2D eigenvalue weighted by Gasteiger charge is 2.12. The van der Waals surface area contributed by atoms with E-state index in [4.69, 9.17) is 5.73 Å². The summed E-state index contributed by atoms with van der Waals surface area (Å²) in [6.07, 6.45) is 0.301. The third-order valence-corrected chi connectivity index (χ3v) is 2.55. The van der Waals surface area contributed by atoms with Crippen molar-refractivity contribution in [2.24, 2.45) is 5.73 Å². The van der Waals surface area contributed by atoms with Crippen LogP contribution in [0.2, 0.25) is 0 Å². The monoisotopic (exact) mass is 239 g/mol. The maximum absolute atomic E-state index is 11.1. The minimum absolute atomic E-state index is 0.0306. The molecule has 1 amide bonds. The molecule has 0 aromatic carbocycles. The maximum atomic E-state index is 11.1. The van der Waals surface area contributed by atoms with Gasteiger partial charge in [0.2, 0.25) is 0 Å². The Morgan fingerprint density at radius 1 is 1.53 bits per heavy atom. The summed E-state index contributed by atoms with van der Waals surface area (Å²) >= 11 is 0. The van der Waals surface area contributed by atoms with Gasteiger partial charge in [0.25, 0.3) is 0 Å². The van der Waals surface area contributed by atoms with E-state index in [1.165, 1.54) is 0 Å². The van der Waals surface area contributed by atoms with Crippen LogP contribution in [-0.4, -0.2) is 34.2 Å². The Hall–Kier alpha value is -0.860. The molecule has 0 rings (SSSR count). The van der Waals surface area contributed by atoms with Gasteiger partial charge in [-0.25, -0.2) is 9.52 Å². The highest BCUT2D eigenvalue weighted by atomic mass is 32.2. The number of hydrogen-bond acceptors (Lipinski definition) is 5. The normalized spacial score (nSPS) is 13.3. The van der Waals surface area contributed by atoms with Gasteiger partial charge in [0.05, 0.1) is 7.11 Å². The first-order chi connectivity index (χ1) is 6.87. The van der Waals surface area contributed by atoms with Crippen LogP contribution in [0.4, 0.5) is 4.79 Å². The van der Waals surface area contributed by atoms with Gasteiger partial charge in [-0.1, -0.05) is 0 Å². The zero-order valence-electron chi connectivity index (χ0n) is 8.82. The lowest BCUT2D eigenvalue weighted by molar-refractivity contribution is 0.177. The Bertz CT molecular complexity index is 289. The molecule has 0 fully saturated rings. The molecular weight excluding hydrogens is 222 g/mol. The number of carbonyl (C=O) groups excluding carboxylic acids is 1. The van der Waals surface area contributed by atoms with E-state index in [9.17, 15) is 13.2 Å². The zero-order chi connectivity index (χ0) is 11.9. The van der Waals surface area contributed by atoms with E-state index >= 15 is 0 Å². The molecule has 0 saturated carbocycles. The minimum Gasteiger partial charge on any atom is -0.452 e. The van der Waals surface area contributed by atoms with Crippen molar-refractivity contribution < 1.29 is 17.9 Å². The van der Waals surface area contributed by atoms with Gasteiger partial charge in [0.15, 0.2) is 0 Å². The van der Waals surface area contributed by atoms with Gasteiger partial charge in [-0.15, -0.1) is 0 Å². The van der Waals surface area contributed by atoms with Crippen molar-refractivity contribution in [2.45, 2.75) is 25.8 Å². The summed E-state index contributed by atoms with van der Waals surface area (Å²) in [5.74, 6) is 0. The molecule has 90 valence electrons. The number of methoxy groups -OCH3 is 1. The van der Waals surface area contributed by atoms with Gasteiger partial charge in [-0.3, -0.25) is 0 Å². The fourth-order valence-electron chi connectivity index (χ4n) is 0.818. The average molecular weight is 239 g/mol. The fraction of sp³-hybridized carbons (Fsp3) is 0.857. The van der Waals surface area contributed by atoms with Crippen molar-refractivity contribution in [2.75, 3.05) is 13.7 Å². The summed E-state index contributed by atoms with van der Waals surface area (Å²) in [5, 5.41) is 0. The molecule has 8 heteroatoms. The molecular formula is C7H17N3O4S. The molecule has 7 nitrogen and oxygen atoms in total. The third kappa shape index (κ3) is 8.16. The highest BCUT2D eigenvalue weighted by Crippen LogP contribution is 1.91. The Balaban J connectivity index is 3.80. The smallest absolute Gasteiger partial charge is 0.421 e. The Labute approximate surface area is 89.5 Å². The molecule has 1 atom stereocenters. The van der Waals surface area contributed by atoms with Crippen molar-refractivity contribution in [3.05, 3.63) is 0 Å². The van der Waals surface area contributed by atoms with Crippen LogP contribution < -0.4 is 15.2 Å². The van der Waals surface area contributed by atoms with E-state index in [2.05, 4.69) is 9.46 Å². The second-order valence-corrected chi connectivity index (χ2v) is 4.61. The Morgan fingerprint density at radius 2 is 2.13 bits per heavy atom. The number of nitrogens with two attached hydrogens (primary N) is 1. The van der Waals surface area contributed by atoms with E-state index in [0.29, 0.717) is 12.8 Å². The van der Waals surface area contributed by atoms with Crippen LogP contribution in [0.3, 0.4) is 0 Å². The topological polar surface area (TPSA) is 111 Å². The summed E-state index contributed by atoms with van der Waals surface area (Å²) in [4.78, 5) is 10.6. The number of ether oxygens (including phenoxy) is 1. The van der Waals surface area contributed by atoms with Crippen LogP contribution >= 0.6 is 0 Å². The third-order valence-electron chi connectivity index (χ3n) is 1.53. The lowest BCUT2D eigenvalue weighted by Crippen LogP contribution is -2.40. The van der Waals surface area contributed by atoms with Crippen molar-refractivity contribution >= 4 is 16.3 Å². The first kappa shape index (κ1) is 14.1. The van der Waals surface area contributed by atoms with Gasteiger partial charge < -0.3 is 10.5 Å². The predicted octanol–water partition coefficient (Wildman–Crippen LogP) is -0.696. The number of rotatable bonds is 6. The molecule has 1 unspecified atom stereocenters. The van der Waals surface area contributed by atoms with E-state index in [1.54, 1.807) is 4.72 Å². The van der Waals surface area contributed by atoms with Crippen molar-refractivity contribution in [3.8, 4) is 0 Å². The van der Waals surface area contributed by atoms with Crippen LogP contribution in [0.5, 0.6) is 0 Å². The van der Waals surface area contributed by atoms with Crippen LogP contribution in [0.1, 0.15) is 19.8 Å². The Kier molecular flexibility index (Phi) is 6.21. The molecule has 0 radical (unpaired) electrons. The van der Waals surface area contributed by atoms with Crippen molar-refractivity contribution in [1.82, 2.24) is 9.44 Å². The van der Waals surface area contributed by atoms with Gasteiger partial charge in [0.1, 0.15) is 0 Å². The fourth-order valence-corrected chi connectivity index (χ4v) is 1.61. The molecule has 0 aromatic rings. The minimum atomic E-state index is -3.81. The zero-order valence-corrected chi connectivity index (χ0v) is 9.63. The van der Waals surface area contributed by atoms with Gasteiger partial charge in [-0.05, 0) is 19.8 Å². The second-order valence-electron chi connectivity index (χ2n) is 3.11. The van der Waals surface area contributed by atoms with Gasteiger partial charge in [-0.2, -0.15) is 13.1 Å². The second kappa shape index (κ2) is 6.59. The quantitative estimate of drug-likeness (QED) is 0.531. The van der Waals surface area contributed by atoms with Crippen molar-refractivity contribution in [3.63, 3.8) is 0 Å².